The van der Waals surface area contributed by atoms with Crippen molar-refractivity contribution in [1.29, 1.82) is 0 Å². The predicted molar refractivity (Wildman–Crippen MR) is 152 cm³/mol. The van der Waals surface area contributed by atoms with Gasteiger partial charge in [-0.05, 0) is 69.7 Å². The van der Waals surface area contributed by atoms with Crippen LogP contribution in [-0.4, -0.2) is 62.9 Å². The molecule has 0 unspecified atom stereocenters. The fourth-order valence-electron chi connectivity index (χ4n) is 5.20. The molecular formula is C29H38ClF3N4O5. The Balaban J connectivity index is 1.94. The zero-order chi connectivity index (χ0) is 31.0. The van der Waals surface area contributed by atoms with Gasteiger partial charge in [0.1, 0.15) is 0 Å². The van der Waals surface area contributed by atoms with E-state index in [0.29, 0.717) is 43.4 Å². The van der Waals surface area contributed by atoms with Crippen LogP contribution in [0.25, 0.3) is 0 Å². The minimum Gasteiger partial charge on any atom is -0.490 e. The number of carboxylic acids is 1. The fraction of sp³-hybridized carbons (Fsp3) is 0.586. The second kappa shape index (κ2) is 14.8. The van der Waals surface area contributed by atoms with Crippen LogP contribution in [-0.2, 0) is 22.3 Å². The van der Waals surface area contributed by atoms with Gasteiger partial charge in [0.05, 0.1) is 30.7 Å². The van der Waals surface area contributed by atoms with Crippen molar-refractivity contribution in [1.82, 2.24) is 14.9 Å². The number of rotatable bonds is 12. The molecule has 9 nitrogen and oxygen atoms in total. The number of piperidine rings is 1. The lowest BCUT2D eigenvalue weighted by atomic mass is 9.87. The van der Waals surface area contributed by atoms with E-state index < -0.39 is 17.7 Å². The number of anilines is 1. The smallest absolute Gasteiger partial charge is 0.416 e. The molecule has 3 rings (SSSR count). The lowest BCUT2D eigenvalue weighted by Gasteiger charge is -2.47. The van der Waals surface area contributed by atoms with E-state index in [2.05, 4.69) is 9.97 Å². The van der Waals surface area contributed by atoms with Gasteiger partial charge in [0.25, 0.3) is 0 Å². The van der Waals surface area contributed by atoms with Crippen LogP contribution < -0.4 is 9.64 Å². The number of likely N-dealkylation sites (tertiary alicyclic amines) is 1. The first kappa shape index (κ1) is 33.2. The molecule has 1 aromatic heterocycles. The first-order valence-corrected chi connectivity index (χ1v) is 14.5. The Kier molecular flexibility index (Phi) is 11.7. The third-order valence-electron chi connectivity index (χ3n) is 7.12. The molecule has 42 heavy (non-hydrogen) atoms. The summed E-state index contributed by atoms with van der Waals surface area (Å²) in [7, 11) is 0. The highest BCUT2D eigenvalue weighted by Gasteiger charge is 2.41. The molecule has 1 N–H and O–H groups in total. The quantitative estimate of drug-likeness (QED) is 0.256. The molecule has 1 saturated heterocycles. The number of carbonyl (C=O) groups excluding carboxylic acids is 1. The third-order valence-corrected chi connectivity index (χ3v) is 7.34. The molecule has 2 heterocycles. The summed E-state index contributed by atoms with van der Waals surface area (Å²) in [6.45, 7) is 7.79. The molecule has 232 valence electrons. The van der Waals surface area contributed by atoms with Crippen molar-refractivity contribution in [3.05, 3.63) is 46.7 Å². The fourth-order valence-corrected chi connectivity index (χ4v) is 5.46. The normalized spacial score (nSPS) is 19.1. The average molecular weight is 615 g/mol. The van der Waals surface area contributed by atoms with Crippen molar-refractivity contribution in [3.63, 3.8) is 0 Å². The van der Waals surface area contributed by atoms with Crippen molar-refractivity contribution in [2.75, 3.05) is 11.5 Å². The number of aliphatic carboxylic acids is 1. The van der Waals surface area contributed by atoms with E-state index in [1.54, 1.807) is 18.7 Å². The molecule has 1 fully saturated rings. The summed E-state index contributed by atoms with van der Waals surface area (Å²) >= 11 is 6.10. The van der Waals surface area contributed by atoms with Gasteiger partial charge in [0.15, 0.2) is 5.75 Å². The number of benzene rings is 1. The zero-order valence-electron chi connectivity index (χ0n) is 24.2. The first-order valence-electron chi connectivity index (χ1n) is 14.1. The van der Waals surface area contributed by atoms with Crippen molar-refractivity contribution in [3.8, 4) is 5.75 Å². The predicted octanol–water partition coefficient (Wildman–Crippen LogP) is 6.97. The minimum absolute atomic E-state index is 0.0325. The second-order valence-corrected chi connectivity index (χ2v) is 11.1. The summed E-state index contributed by atoms with van der Waals surface area (Å²) in [5.74, 6) is -0.292. The molecule has 0 saturated carbocycles. The van der Waals surface area contributed by atoms with Crippen molar-refractivity contribution < 1.29 is 37.3 Å². The van der Waals surface area contributed by atoms with Gasteiger partial charge in [-0.25, -0.2) is 14.8 Å². The standard InChI is InChI=1S/C29H38ClF3N4O5/c1-5-22-13-24(14-23(6-2)37(22)28(40)42-18(3)4)36(17-19-10-20(29(31,32)33)12-21(30)11-19)27-34-15-25(16-35-27)41-9-7-8-26(38)39/h10-12,15-16,18,22-24H,5-9,13-14,17H2,1-4H3,(H,38,39)/t22-,23+,24+. The Morgan fingerprint density at radius 3 is 2.26 bits per heavy atom. The topological polar surface area (TPSA) is 105 Å². The van der Waals surface area contributed by atoms with Crippen LogP contribution in [0.1, 0.15) is 77.3 Å². The molecule has 1 amide bonds. The highest BCUT2D eigenvalue weighted by molar-refractivity contribution is 6.30. The Morgan fingerprint density at radius 1 is 1.12 bits per heavy atom. The Bertz CT molecular complexity index is 1180. The summed E-state index contributed by atoms with van der Waals surface area (Å²) in [4.78, 5) is 36.4. The number of carboxylic acid groups (broad SMARTS) is 1. The van der Waals surface area contributed by atoms with Crippen molar-refractivity contribution in [2.45, 2.75) is 103 Å². The summed E-state index contributed by atoms with van der Waals surface area (Å²) in [5, 5.41) is 8.77. The number of carbonyl (C=O) groups is 2. The van der Waals surface area contributed by atoms with Crippen LogP contribution in [0.4, 0.5) is 23.9 Å². The van der Waals surface area contributed by atoms with Crippen LogP contribution in [0.2, 0.25) is 5.02 Å². The van der Waals surface area contributed by atoms with Crippen molar-refractivity contribution >= 4 is 29.6 Å². The molecule has 1 aliphatic rings. The van der Waals surface area contributed by atoms with E-state index in [-0.39, 0.29) is 60.9 Å². The van der Waals surface area contributed by atoms with Gasteiger partial charge in [0, 0.05) is 36.1 Å². The Labute approximate surface area is 249 Å². The third kappa shape index (κ3) is 9.11. The minimum atomic E-state index is -4.57. The molecule has 0 spiro atoms. The average Bonchev–Trinajstić information content (AvgIpc) is 2.92. The van der Waals surface area contributed by atoms with E-state index in [1.807, 2.05) is 18.7 Å². The van der Waals surface area contributed by atoms with Crippen LogP contribution in [0.5, 0.6) is 5.75 Å². The molecule has 0 bridgehead atoms. The summed E-state index contributed by atoms with van der Waals surface area (Å²) < 4.78 is 51.9. The zero-order valence-corrected chi connectivity index (χ0v) is 25.0. The van der Waals surface area contributed by atoms with Crippen LogP contribution >= 0.6 is 11.6 Å². The van der Waals surface area contributed by atoms with Gasteiger partial charge < -0.3 is 24.4 Å². The van der Waals surface area contributed by atoms with Gasteiger partial charge >= 0.3 is 18.2 Å². The highest BCUT2D eigenvalue weighted by atomic mass is 35.5. The molecule has 13 heteroatoms. The Hall–Kier alpha value is -3.28. The lowest BCUT2D eigenvalue weighted by Crippen LogP contribution is -2.57. The molecular weight excluding hydrogens is 577 g/mol. The molecule has 2 aromatic rings. The maximum Gasteiger partial charge on any atom is 0.416 e. The number of nitrogens with zero attached hydrogens (tertiary/aromatic N) is 4. The molecule has 0 aliphatic carbocycles. The number of hydrogen-bond acceptors (Lipinski definition) is 7. The van der Waals surface area contributed by atoms with Crippen molar-refractivity contribution in [2.24, 2.45) is 0 Å². The summed E-state index contributed by atoms with van der Waals surface area (Å²) in [5.41, 5.74) is -0.504. The van der Waals surface area contributed by atoms with Gasteiger partial charge in [-0.15, -0.1) is 0 Å². The number of alkyl halides is 3. The molecule has 0 radical (unpaired) electrons. The largest absolute Gasteiger partial charge is 0.490 e. The first-order chi connectivity index (χ1) is 19.8. The van der Waals surface area contributed by atoms with Crippen LogP contribution in [0, 0.1) is 0 Å². The highest BCUT2D eigenvalue weighted by Crippen LogP contribution is 2.36. The van der Waals surface area contributed by atoms with Gasteiger partial charge in [0.2, 0.25) is 5.95 Å². The second-order valence-electron chi connectivity index (χ2n) is 10.6. The van der Waals surface area contributed by atoms with Crippen LogP contribution in [0.15, 0.2) is 30.6 Å². The lowest BCUT2D eigenvalue weighted by molar-refractivity contribution is -0.138. The van der Waals surface area contributed by atoms with E-state index in [4.69, 9.17) is 26.2 Å². The molecule has 3 atom stereocenters. The van der Waals surface area contributed by atoms with E-state index in [0.717, 1.165) is 12.1 Å². The van der Waals surface area contributed by atoms with E-state index in [9.17, 15) is 22.8 Å². The van der Waals surface area contributed by atoms with E-state index >= 15 is 0 Å². The summed E-state index contributed by atoms with van der Waals surface area (Å²) in [6, 6.07) is 2.92. The molecule has 1 aliphatic heterocycles. The SMILES string of the molecule is CC[C@@H]1C[C@H](N(Cc2cc(Cl)cc(C(F)(F)F)c2)c2ncc(OCCCC(=O)O)cn2)C[C@H](CC)N1C(=O)OC(C)C. The van der Waals surface area contributed by atoms with Gasteiger partial charge in [-0.3, -0.25) is 4.79 Å². The van der Waals surface area contributed by atoms with Crippen LogP contribution in [0.3, 0.4) is 0 Å². The monoisotopic (exact) mass is 614 g/mol. The maximum atomic E-state index is 13.6. The number of ether oxygens (including phenoxy) is 2. The number of amides is 1. The van der Waals surface area contributed by atoms with E-state index in [1.165, 1.54) is 18.5 Å². The Morgan fingerprint density at radius 2 is 1.74 bits per heavy atom. The summed E-state index contributed by atoms with van der Waals surface area (Å²) in [6.07, 6.45) is 0.362. The maximum absolute atomic E-state index is 13.6. The number of halogens is 4. The molecule has 1 aromatic carbocycles. The number of aromatic nitrogens is 2. The number of hydrogen-bond donors (Lipinski definition) is 1. The van der Waals surface area contributed by atoms with Gasteiger partial charge in [-0.1, -0.05) is 25.4 Å². The van der Waals surface area contributed by atoms with Gasteiger partial charge in [-0.2, -0.15) is 13.2 Å².